The fourth-order valence-electron chi connectivity index (χ4n) is 3.52. The minimum atomic E-state index is -0.0705. The van der Waals surface area contributed by atoms with Crippen molar-refractivity contribution in [2.45, 2.75) is 31.7 Å². The SMILES string of the molecule is C=CCNC(=O)C(C)N1CCC(c2c[nH]c3ccccc23)CC1. The van der Waals surface area contributed by atoms with E-state index in [-0.39, 0.29) is 11.9 Å². The highest BCUT2D eigenvalue weighted by atomic mass is 16.2. The summed E-state index contributed by atoms with van der Waals surface area (Å²) in [5.74, 6) is 0.668. The summed E-state index contributed by atoms with van der Waals surface area (Å²) in [6, 6.07) is 8.41. The fourth-order valence-corrected chi connectivity index (χ4v) is 3.52. The number of piperidine rings is 1. The van der Waals surface area contributed by atoms with Crippen LogP contribution in [0.3, 0.4) is 0 Å². The van der Waals surface area contributed by atoms with Gasteiger partial charge in [-0.1, -0.05) is 24.3 Å². The molecule has 1 aromatic carbocycles. The van der Waals surface area contributed by atoms with Crippen molar-refractivity contribution < 1.29 is 4.79 Å². The number of amides is 1. The zero-order chi connectivity index (χ0) is 16.2. The lowest BCUT2D eigenvalue weighted by atomic mass is 9.88. The molecule has 1 aliphatic heterocycles. The van der Waals surface area contributed by atoms with Gasteiger partial charge >= 0.3 is 0 Å². The van der Waals surface area contributed by atoms with Crippen LogP contribution in [0.2, 0.25) is 0 Å². The average Bonchev–Trinajstić information content (AvgIpc) is 3.03. The molecule has 122 valence electrons. The molecular formula is C19H25N3O. The highest BCUT2D eigenvalue weighted by Gasteiger charge is 2.27. The third-order valence-corrected chi connectivity index (χ3v) is 4.94. The first-order valence-corrected chi connectivity index (χ1v) is 8.39. The van der Waals surface area contributed by atoms with Gasteiger partial charge in [0, 0.05) is 23.6 Å². The summed E-state index contributed by atoms with van der Waals surface area (Å²) in [6.07, 6.45) is 6.07. The second-order valence-corrected chi connectivity index (χ2v) is 6.31. The van der Waals surface area contributed by atoms with Crippen LogP contribution in [0.4, 0.5) is 0 Å². The minimum absolute atomic E-state index is 0.0705. The van der Waals surface area contributed by atoms with E-state index in [4.69, 9.17) is 0 Å². The van der Waals surface area contributed by atoms with Crippen LogP contribution < -0.4 is 5.32 Å². The second kappa shape index (κ2) is 7.01. The molecule has 0 bridgehead atoms. The van der Waals surface area contributed by atoms with Gasteiger partial charge < -0.3 is 10.3 Å². The molecule has 1 aromatic heterocycles. The number of hydrogen-bond donors (Lipinski definition) is 2. The summed E-state index contributed by atoms with van der Waals surface area (Å²) in [4.78, 5) is 17.7. The van der Waals surface area contributed by atoms with Crippen molar-refractivity contribution in [3.05, 3.63) is 48.7 Å². The zero-order valence-electron chi connectivity index (χ0n) is 13.7. The van der Waals surface area contributed by atoms with Crippen LogP contribution in [0.15, 0.2) is 43.1 Å². The maximum atomic E-state index is 12.1. The van der Waals surface area contributed by atoms with Crippen LogP contribution in [-0.2, 0) is 4.79 Å². The number of nitrogens with one attached hydrogen (secondary N) is 2. The van der Waals surface area contributed by atoms with Gasteiger partial charge in [0.1, 0.15) is 0 Å². The van der Waals surface area contributed by atoms with E-state index in [1.165, 1.54) is 16.5 Å². The molecule has 23 heavy (non-hydrogen) atoms. The molecule has 3 rings (SSSR count). The highest BCUT2D eigenvalue weighted by molar-refractivity contribution is 5.83. The number of likely N-dealkylation sites (tertiary alicyclic amines) is 1. The molecule has 2 N–H and O–H groups in total. The number of carbonyl (C=O) groups excluding carboxylic acids is 1. The van der Waals surface area contributed by atoms with Gasteiger partial charge in [-0.15, -0.1) is 6.58 Å². The first-order valence-electron chi connectivity index (χ1n) is 8.39. The molecule has 2 heterocycles. The Kier molecular flexibility index (Phi) is 4.82. The van der Waals surface area contributed by atoms with Gasteiger partial charge in [0.2, 0.25) is 5.91 Å². The van der Waals surface area contributed by atoms with Crippen molar-refractivity contribution >= 4 is 16.8 Å². The lowest BCUT2D eigenvalue weighted by Crippen LogP contribution is -2.48. The number of fused-ring (bicyclic) bond motifs is 1. The van der Waals surface area contributed by atoms with E-state index in [0.29, 0.717) is 12.5 Å². The quantitative estimate of drug-likeness (QED) is 0.834. The highest BCUT2D eigenvalue weighted by Crippen LogP contribution is 2.33. The van der Waals surface area contributed by atoms with Gasteiger partial charge in [-0.25, -0.2) is 0 Å². The molecule has 0 spiro atoms. The van der Waals surface area contributed by atoms with Crippen LogP contribution in [-0.4, -0.2) is 41.5 Å². The van der Waals surface area contributed by atoms with E-state index in [0.717, 1.165) is 25.9 Å². The van der Waals surface area contributed by atoms with Crippen molar-refractivity contribution in [1.82, 2.24) is 15.2 Å². The Bertz CT molecular complexity index is 683. The molecular weight excluding hydrogens is 286 g/mol. The fraction of sp³-hybridized carbons (Fsp3) is 0.421. The van der Waals surface area contributed by atoms with E-state index >= 15 is 0 Å². The summed E-state index contributed by atoms with van der Waals surface area (Å²) in [5.41, 5.74) is 2.63. The van der Waals surface area contributed by atoms with Gasteiger partial charge in [-0.3, -0.25) is 9.69 Å². The molecule has 1 saturated heterocycles. The average molecular weight is 311 g/mol. The minimum Gasteiger partial charge on any atom is -0.361 e. The number of benzene rings is 1. The predicted molar refractivity (Wildman–Crippen MR) is 94.5 cm³/mol. The Morgan fingerprint density at radius 1 is 1.43 bits per heavy atom. The normalized spacial score (nSPS) is 18.0. The van der Waals surface area contributed by atoms with Crippen molar-refractivity contribution in [1.29, 1.82) is 0 Å². The van der Waals surface area contributed by atoms with Gasteiger partial charge in [0.15, 0.2) is 0 Å². The third kappa shape index (κ3) is 3.32. The molecule has 1 amide bonds. The van der Waals surface area contributed by atoms with E-state index in [1.54, 1.807) is 6.08 Å². The Morgan fingerprint density at radius 3 is 2.91 bits per heavy atom. The largest absolute Gasteiger partial charge is 0.361 e. The zero-order valence-corrected chi connectivity index (χ0v) is 13.7. The first-order chi connectivity index (χ1) is 11.2. The Morgan fingerprint density at radius 2 is 2.17 bits per heavy atom. The number of nitrogens with zero attached hydrogens (tertiary/aromatic N) is 1. The van der Waals surface area contributed by atoms with Crippen LogP contribution in [0.1, 0.15) is 31.2 Å². The second-order valence-electron chi connectivity index (χ2n) is 6.31. The maximum absolute atomic E-state index is 12.1. The lowest BCUT2D eigenvalue weighted by Gasteiger charge is -2.35. The molecule has 0 radical (unpaired) electrons. The predicted octanol–water partition coefficient (Wildman–Crippen LogP) is 3.04. The monoisotopic (exact) mass is 311 g/mol. The smallest absolute Gasteiger partial charge is 0.237 e. The lowest BCUT2D eigenvalue weighted by molar-refractivity contribution is -0.126. The van der Waals surface area contributed by atoms with Crippen molar-refractivity contribution in [2.75, 3.05) is 19.6 Å². The third-order valence-electron chi connectivity index (χ3n) is 4.94. The summed E-state index contributed by atoms with van der Waals surface area (Å²) < 4.78 is 0. The van der Waals surface area contributed by atoms with E-state index in [1.807, 2.05) is 6.92 Å². The van der Waals surface area contributed by atoms with Crippen molar-refractivity contribution in [3.63, 3.8) is 0 Å². The summed E-state index contributed by atoms with van der Waals surface area (Å²) in [6.45, 7) is 8.09. The molecule has 1 aliphatic rings. The standard InChI is InChI=1S/C19H25N3O/c1-3-10-20-19(23)14(2)22-11-8-15(9-12-22)17-13-21-18-7-5-4-6-16(17)18/h3-7,13-15,21H,1,8-12H2,2H3,(H,20,23). The van der Waals surface area contributed by atoms with E-state index < -0.39 is 0 Å². The molecule has 4 nitrogen and oxygen atoms in total. The van der Waals surface area contributed by atoms with Crippen LogP contribution in [0.25, 0.3) is 10.9 Å². The Hall–Kier alpha value is -2.07. The number of H-pyrrole nitrogens is 1. The van der Waals surface area contributed by atoms with Crippen LogP contribution >= 0.6 is 0 Å². The van der Waals surface area contributed by atoms with E-state index in [2.05, 4.69) is 52.2 Å². The molecule has 0 aliphatic carbocycles. The van der Waals surface area contributed by atoms with Crippen LogP contribution in [0, 0.1) is 0 Å². The summed E-state index contributed by atoms with van der Waals surface area (Å²) in [5, 5.41) is 4.22. The molecule has 1 fully saturated rings. The van der Waals surface area contributed by atoms with E-state index in [9.17, 15) is 4.79 Å². The summed E-state index contributed by atoms with van der Waals surface area (Å²) >= 11 is 0. The van der Waals surface area contributed by atoms with Crippen molar-refractivity contribution in [3.8, 4) is 0 Å². The number of hydrogen-bond acceptors (Lipinski definition) is 2. The number of para-hydroxylation sites is 1. The van der Waals surface area contributed by atoms with Crippen molar-refractivity contribution in [2.24, 2.45) is 0 Å². The van der Waals surface area contributed by atoms with Gasteiger partial charge in [0.25, 0.3) is 0 Å². The van der Waals surface area contributed by atoms with Crippen LogP contribution in [0.5, 0.6) is 0 Å². The molecule has 2 aromatic rings. The Labute approximate surface area is 137 Å². The molecule has 0 saturated carbocycles. The molecule has 1 atom stereocenters. The maximum Gasteiger partial charge on any atom is 0.237 e. The number of aromatic nitrogens is 1. The number of rotatable bonds is 5. The van der Waals surface area contributed by atoms with Gasteiger partial charge in [-0.2, -0.15) is 0 Å². The molecule has 4 heteroatoms. The Balaban J connectivity index is 1.62. The first kappa shape index (κ1) is 15.8. The summed E-state index contributed by atoms with van der Waals surface area (Å²) in [7, 11) is 0. The number of carbonyl (C=O) groups is 1. The van der Waals surface area contributed by atoms with Gasteiger partial charge in [0.05, 0.1) is 6.04 Å². The topological polar surface area (TPSA) is 48.1 Å². The number of aromatic amines is 1. The van der Waals surface area contributed by atoms with Gasteiger partial charge in [-0.05, 0) is 50.4 Å². The molecule has 1 unspecified atom stereocenters.